The Balaban J connectivity index is 1.40. The van der Waals surface area contributed by atoms with Crippen LogP contribution in [0.25, 0.3) is 0 Å². The average Bonchev–Trinajstić information content (AvgIpc) is 3.06. The minimum atomic E-state index is -0.149. The van der Waals surface area contributed by atoms with E-state index in [-0.39, 0.29) is 24.5 Å². The van der Waals surface area contributed by atoms with Crippen LogP contribution >= 0.6 is 0 Å². The van der Waals surface area contributed by atoms with E-state index in [1.807, 2.05) is 11.5 Å². The maximum Gasteiger partial charge on any atom is 0.255 e. The van der Waals surface area contributed by atoms with E-state index < -0.39 is 0 Å². The van der Waals surface area contributed by atoms with Gasteiger partial charge in [-0.1, -0.05) is 6.07 Å². The Hall–Kier alpha value is -2.61. The van der Waals surface area contributed by atoms with E-state index in [0.717, 1.165) is 25.2 Å². The fraction of sp³-hybridized carbons (Fsp3) is 0.500. The molecule has 0 unspecified atom stereocenters. The summed E-state index contributed by atoms with van der Waals surface area (Å²) in [5.74, 6) is 2.70. The van der Waals surface area contributed by atoms with Gasteiger partial charge < -0.3 is 24.5 Å². The van der Waals surface area contributed by atoms with Crippen molar-refractivity contribution in [1.29, 1.82) is 0 Å². The van der Waals surface area contributed by atoms with Crippen LogP contribution < -0.4 is 14.8 Å². The van der Waals surface area contributed by atoms with Crippen molar-refractivity contribution in [1.82, 2.24) is 20.1 Å². The summed E-state index contributed by atoms with van der Waals surface area (Å²) in [5, 5.41) is 20.6. The molecule has 0 atom stereocenters. The molecule has 2 aliphatic rings. The second-order valence-electron chi connectivity index (χ2n) is 6.55. The summed E-state index contributed by atoms with van der Waals surface area (Å²) in [6.45, 7) is 3.55. The quantitative estimate of drug-likeness (QED) is 0.834. The first-order chi connectivity index (χ1) is 12.7. The fourth-order valence-corrected chi connectivity index (χ4v) is 3.57. The number of carbonyl (C=O) groups excluding carboxylic acids is 1. The molecule has 1 saturated carbocycles. The Morgan fingerprint density at radius 2 is 2.12 bits per heavy atom. The monoisotopic (exact) mass is 358 g/mol. The summed E-state index contributed by atoms with van der Waals surface area (Å²) in [6.07, 6.45) is 1.61. The minimum absolute atomic E-state index is 0.0902. The number of benzene rings is 1. The number of aromatic nitrogens is 3. The van der Waals surface area contributed by atoms with Gasteiger partial charge in [0.25, 0.3) is 5.91 Å². The highest BCUT2D eigenvalue weighted by Gasteiger charge is 2.36. The Morgan fingerprint density at radius 1 is 1.31 bits per heavy atom. The molecule has 8 heteroatoms. The number of hydrogen-bond donors (Lipinski definition) is 2. The van der Waals surface area contributed by atoms with E-state index in [2.05, 4.69) is 15.5 Å². The third kappa shape index (κ3) is 2.90. The lowest BCUT2D eigenvalue weighted by Crippen LogP contribution is -2.44. The van der Waals surface area contributed by atoms with Crippen LogP contribution in [0.2, 0.25) is 0 Å². The van der Waals surface area contributed by atoms with Gasteiger partial charge in [-0.25, -0.2) is 0 Å². The van der Waals surface area contributed by atoms with E-state index in [1.54, 1.807) is 18.2 Å². The largest absolute Gasteiger partial charge is 0.486 e. The molecule has 2 N–H and O–H groups in total. The zero-order chi connectivity index (χ0) is 18.1. The molecule has 4 rings (SSSR count). The number of nitrogens with one attached hydrogen (secondary N) is 1. The summed E-state index contributed by atoms with van der Waals surface area (Å²) in [5.41, 5.74) is 0.505. The van der Waals surface area contributed by atoms with Crippen LogP contribution in [0, 0.1) is 0 Å². The van der Waals surface area contributed by atoms with Gasteiger partial charge in [-0.3, -0.25) is 4.79 Å². The summed E-state index contributed by atoms with van der Waals surface area (Å²) in [6, 6.07) is 5.44. The Labute approximate surface area is 151 Å². The summed E-state index contributed by atoms with van der Waals surface area (Å²) >= 11 is 0. The first kappa shape index (κ1) is 16.8. The molecule has 26 heavy (non-hydrogen) atoms. The highest BCUT2D eigenvalue weighted by Crippen LogP contribution is 2.37. The molecular weight excluding hydrogens is 336 g/mol. The van der Waals surface area contributed by atoms with E-state index in [4.69, 9.17) is 9.47 Å². The number of para-hydroxylation sites is 1. The van der Waals surface area contributed by atoms with Gasteiger partial charge in [-0.05, 0) is 31.9 Å². The summed E-state index contributed by atoms with van der Waals surface area (Å²) in [4.78, 5) is 12.6. The molecular formula is C18H22N4O4. The van der Waals surface area contributed by atoms with Crippen LogP contribution in [0.15, 0.2) is 18.2 Å². The molecule has 2 aromatic rings. The summed E-state index contributed by atoms with van der Waals surface area (Å²) < 4.78 is 13.1. The molecule has 1 aromatic carbocycles. The second kappa shape index (κ2) is 6.95. The molecule has 0 bridgehead atoms. The number of hydrogen-bond acceptors (Lipinski definition) is 6. The topological polar surface area (TPSA) is 98.5 Å². The third-order valence-electron chi connectivity index (χ3n) is 4.96. The molecule has 2 heterocycles. The van der Waals surface area contributed by atoms with Gasteiger partial charge in [0.15, 0.2) is 17.3 Å². The molecule has 1 aliphatic carbocycles. The molecule has 0 saturated heterocycles. The smallest absolute Gasteiger partial charge is 0.255 e. The highest BCUT2D eigenvalue weighted by molar-refractivity contribution is 5.98. The zero-order valence-electron chi connectivity index (χ0n) is 14.6. The average molecular weight is 358 g/mol. The standard InChI is InChI=1S/C18H22N4O4/c1-2-22-15(10-23)20-21-17(22)11-8-12(9-11)19-18(24)13-4-3-5-14-16(13)26-7-6-25-14/h3-5,11-12,23H,2,6-10H2,1H3,(H,19,24). The van der Waals surface area contributed by atoms with Crippen molar-refractivity contribution < 1.29 is 19.4 Å². The maximum atomic E-state index is 12.6. The van der Waals surface area contributed by atoms with Crippen molar-refractivity contribution in [3.05, 3.63) is 35.4 Å². The predicted octanol–water partition coefficient (Wildman–Crippen LogP) is 1.24. The Bertz CT molecular complexity index is 814. The van der Waals surface area contributed by atoms with Gasteiger partial charge in [0.2, 0.25) is 0 Å². The summed E-state index contributed by atoms with van der Waals surface area (Å²) in [7, 11) is 0. The van der Waals surface area contributed by atoms with Crippen LogP contribution in [-0.4, -0.2) is 45.0 Å². The normalized spacial score (nSPS) is 21.2. The number of nitrogens with zero attached hydrogens (tertiary/aromatic N) is 3. The van der Waals surface area contributed by atoms with Gasteiger partial charge in [0, 0.05) is 18.5 Å². The number of rotatable bonds is 5. The van der Waals surface area contributed by atoms with Gasteiger partial charge in [0.05, 0.1) is 5.56 Å². The lowest BCUT2D eigenvalue weighted by Gasteiger charge is -2.35. The van der Waals surface area contributed by atoms with Gasteiger partial charge in [-0.2, -0.15) is 0 Å². The lowest BCUT2D eigenvalue weighted by molar-refractivity contribution is 0.0896. The Morgan fingerprint density at radius 3 is 2.88 bits per heavy atom. The number of fused-ring (bicyclic) bond motifs is 1. The van der Waals surface area contributed by atoms with Crippen LogP contribution in [0.5, 0.6) is 11.5 Å². The predicted molar refractivity (Wildman–Crippen MR) is 92.3 cm³/mol. The number of aliphatic hydroxyl groups is 1. The number of ether oxygens (including phenoxy) is 2. The fourth-order valence-electron chi connectivity index (χ4n) is 3.57. The molecule has 8 nitrogen and oxygen atoms in total. The van der Waals surface area contributed by atoms with E-state index in [9.17, 15) is 9.90 Å². The highest BCUT2D eigenvalue weighted by atomic mass is 16.6. The van der Waals surface area contributed by atoms with Crippen molar-refractivity contribution in [2.24, 2.45) is 0 Å². The van der Waals surface area contributed by atoms with E-state index in [1.165, 1.54) is 0 Å². The second-order valence-corrected chi connectivity index (χ2v) is 6.55. The van der Waals surface area contributed by atoms with Crippen molar-refractivity contribution in [2.75, 3.05) is 13.2 Å². The molecule has 0 spiro atoms. The van der Waals surface area contributed by atoms with Crippen molar-refractivity contribution in [3.8, 4) is 11.5 Å². The molecule has 1 amide bonds. The van der Waals surface area contributed by atoms with Crippen LogP contribution in [0.3, 0.4) is 0 Å². The third-order valence-corrected chi connectivity index (χ3v) is 4.96. The van der Waals surface area contributed by atoms with Crippen LogP contribution in [-0.2, 0) is 13.2 Å². The lowest BCUT2D eigenvalue weighted by atomic mass is 9.79. The number of carbonyl (C=O) groups is 1. The Kier molecular flexibility index (Phi) is 4.50. The van der Waals surface area contributed by atoms with E-state index in [0.29, 0.717) is 36.1 Å². The molecule has 1 fully saturated rings. The molecule has 0 radical (unpaired) electrons. The van der Waals surface area contributed by atoms with Crippen molar-refractivity contribution in [3.63, 3.8) is 0 Å². The number of amides is 1. The van der Waals surface area contributed by atoms with Gasteiger partial charge in [-0.15, -0.1) is 10.2 Å². The van der Waals surface area contributed by atoms with Crippen molar-refractivity contribution >= 4 is 5.91 Å². The first-order valence-electron chi connectivity index (χ1n) is 8.93. The van der Waals surface area contributed by atoms with Gasteiger partial charge in [0.1, 0.15) is 25.6 Å². The van der Waals surface area contributed by atoms with Crippen LogP contribution in [0.1, 0.15) is 47.7 Å². The number of aliphatic hydroxyl groups excluding tert-OH is 1. The molecule has 138 valence electrons. The first-order valence-corrected chi connectivity index (χ1v) is 8.93. The zero-order valence-corrected chi connectivity index (χ0v) is 14.6. The van der Waals surface area contributed by atoms with Gasteiger partial charge >= 0.3 is 0 Å². The van der Waals surface area contributed by atoms with Crippen molar-refractivity contribution in [2.45, 2.75) is 44.9 Å². The minimum Gasteiger partial charge on any atom is -0.486 e. The molecule has 1 aliphatic heterocycles. The maximum absolute atomic E-state index is 12.6. The molecule has 1 aromatic heterocycles. The van der Waals surface area contributed by atoms with E-state index >= 15 is 0 Å². The SMILES string of the molecule is CCn1c(CO)nnc1C1CC(NC(=O)c2cccc3c2OCCO3)C1. The van der Waals surface area contributed by atoms with Crippen LogP contribution in [0.4, 0.5) is 0 Å².